The highest BCUT2D eigenvalue weighted by Gasteiger charge is 2.23. The molecule has 7 heteroatoms. The van der Waals surface area contributed by atoms with E-state index in [2.05, 4.69) is 21.1 Å². The Balaban J connectivity index is 1.59. The molecule has 1 aliphatic rings. The molecule has 3 rings (SSSR count). The predicted molar refractivity (Wildman–Crippen MR) is 99.3 cm³/mol. The number of thioether (sulfide) groups is 1. The van der Waals surface area contributed by atoms with Crippen LogP contribution in [0.15, 0.2) is 47.7 Å². The summed E-state index contributed by atoms with van der Waals surface area (Å²) in [7, 11) is 0. The van der Waals surface area contributed by atoms with Crippen LogP contribution >= 0.6 is 23.4 Å². The molecule has 5 nitrogen and oxygen atoms in total. The summed E-state index contributed by atoms with van der Waals surface area (Å²) in [6.45, 7) is 1.82. The fourth-order valence-corrected chi connectivity index (χ4v) is 3.30. The van der Waals surface area contributed by atoms with Gasteiger partial charge in [0, 0.05) is 43.3 Å². The number of halogens is 1. The molecule has 1 saturated heterocycles. The molecule has 0 saturated carbocycles. The van der Waals surface area contributed by atoms with Crippen molar-refractivity contribution in [2.24, 2.45) is 4.99 Å². The Hall–Kier alpha value is -1.79. The fourth-order valence-electron chi connectivity index (χ4n) is 2.53. The Bertz CT molecular complexity index is 673. The molecule has 1 fully saturated rings. The lowest BCUT2D eigenvalue weighted by Crippen LogP contribution is -2.40. The summed E-state index contributed by atoms with van der Waals surface area (Å²) in [5.74, 6) is 0. The quantitative estimate of drug-likeness (QED) is 0.609. The number of likely N-dealkylation sites (tertiary alicyclic amines) is 1. The lowest BCUT2D eigenvalue weighted by molar-refractivity contribution is 0.121. The van der Waals surface area contributed by atoms with E-state index in [1.165, 1.54) is 0 Å². The minimum absolute atomic E-state index is 0.155. The summed E-state index contributed by atoms with van der Waals surface area (Å²) in [5.41, 5.74) is 0.916. The lowest BCUT2D eigenvalue weighted by Gasteiger charge is -2.33. The zero-order valence-electron chi connectivity index (χ0n) is 13.4. The fraction of sp³-hybridized carbons (Fsp3) is 0.353. The topological polar surface area (TPSA) is 50.6 Å². The molecule has 0 radical (unpaired) electrons. The van der Waals surface area contributed by atoms with Gasteiger partial charge in [0.2, 0.25) is 0 Å². The molecule has 0 atom stereocenters. The molecule has 1 aromatic heterocycles. The van der Waals surface area contributed by atoms with Gasteiger partial charge in [-0.25, -0.2) is 15.0 Å². The predicted octanol–water partition coefficient (Wildman–Crippen LogP) is 4.02. The molecule has 0 amide bonds. The first-order valence-electron chi connectivity index (χ1n) is 7.81. The van der Waals surface area contributed by atoms with Crippen LogP contribution in [0, 0.1) is 0 Å². The van der Waals surface area contributed by atoms with Crippen molar-refractivity contribution >= 4 is 34.2 Å². The van der Waals surface area contributed by atoms with Crippen LogP contribution in [0.25, 0.3) is 0 Å². The Labute approximate surface area is 151 Å². The van der Waals surface area contributed by atoms with Gasteiger partial charge < -0.3 is 9.64 Å². The van der Waals surface area contributed by atoms with E-state index in [-0.39, 0.29) is 6.10 Å². The van der Waals surface area contributed by atoms with Crippen molar-refractivity contribution in [3.05, 3.63) is 47.7 Å². The van der Waals surface area contributed by atoms with Crippen LogP contribution in [-0.2, 0) is 0 Å². The number of rotatable bonds is 3. The summed E-state index contributed by atoms with van der Waals surface area (Å²) in [6.07, 6.45) is 7.46. The van der Waals surface area contributed by atoms with Crippen LogP contribution in [-0.4, -0.2) is 45.5 Å². The molecular weight excluding hydrogens is 344 g/mol. The maximum atomic E-state index is 5.93. The Morgan fingerprint density at radius 2 is 1.88 bits per heavy atom. The molecule has 1 aliphatic heterocycles. The summed E-state index contributed by atoms with van der Waals surface area (Å²) >= 11 is 7.58. The highest BCUT2D eigenvalue weighted by molar-refractivity contribution is 8.13. The van der Waals surface area contributed by atoms with Gasteiger partial charge in [0.25, 0.3) is 0 Å². The molecule has 0 aliphatic carbocycles. The van der Waals surface area contributed by atoms with Crippen LogP contribution < -0.4 is 4.74 Å². The largest absolute Gasteiger partial charge is 0.460 e. The number of nitrogens with zero attached hydrogens (tertiary/aromatic N) is 4. The molecule has 0 unspecified atom stereocenters. The third-order valence-electron chi connectivity index (χ3n) is 3.76. The highest BCUT2D eigenvalue weighted by Crippen LogP contribution is 2.22. The molecule has 0 N–H and O–H groups in total. The standard InChI is InChI=1S/C17H19ClN4OS/c1-24-17(21-14-5-3-13(18)4-6-14)22-11-7-15(8-12-22)23-16-19-9-2-10-20-16/h2-6,9-10,15H,7-8,11-12H2,1H3. The van der Waals surface area contributed by atoms with E-state index in [4.69, 9.17) is 21.3 Å². The van der Waals surface area contributed by atoms with Gasteiger partial charge in [-0.3, -0.25) is 0 Å². The number of ether oxygens (including phenoxy) is 1. The summed E-state index contributed by atoms with van der Waals surface area (Å²) < 4.78 is 5.84. The first-order valence-corrected chi connectivity index (χ1v) is 9.42. The van der Waals surface area contributed by atoms with Crippen LogP contribution in [0.3, 0.4) is 0 Å². The van der Waals surface area contributed by atoms with Gasteiger partial charge in [0.05, 0.1) is 5.69 Å². The second kappa shape index (κ2) is 8.35. The number of amidine groups is 1. The van der Waals surface area contributed by atoms with Crippen molar-refractivity contribution in [2.75, 3.05) is 19.3 Å². The van der Waals surface area contributed by atoms with Crippen LogP contribution in [0.5, 0.6) is 6.01 Å². The monoisotopic (exact) mass is 362 g/mol. The van der Waals surface area contributed by atoms with Gasteiger partial charge in [0.15, 0.2) is 5.17 Å². The molecule has 2 aromatic rings. The molecule has 0 spiro atoms. The van der Waals surface area contributed by atoms with Gasteiger partial charge in [-0.1, -0.05) is 23.4 Å². The smallest absolute Gasteiger partial charge is 0.316 e. The first kappa shape index (κ1) is 17.0. The lowest BCUT2D eigenvalue weighted by atomic mass is 10.1. The number of piperidine rings is 1. The third kappa shape index (κ3) is 4.61. The minimum Gasteiger partial charge on any atom is -0.460 e. The zero-order chi connectivity index (χ0) is 16.8. The molecular formula is C17H19ClN4OS. The first-order chi connectivity index (χ1) is 11.7. The van der Waals surface area contributed by atoms with E-state index in [0.717, 1.165) is 41.8 Å². The van der Waals surface area contributed by atoms with E-state index in [1.54, 1.807) is 30.2 Å². The normalized spacial score (nSPS) is 16.2. The third-order valence-corrected chi connectivity index (χ3v) is 4.73. The molecule has 1 aromatic carbocycles. The summed E-state index contributed by atoms with van der Waals surface area (Å²) in [6, 6.07) is 9.82. The van der Waals surface area contributed by atoms with Crippen LogP contribution in [0.4, 0.5) is 5.69 Å². The second-order valence-corrected chi connectivity index (χ2v) is 6.62. The average molecular weight is 363 g/mol. The van der Waals surface area contributed by atoms with Crippen LogP contribution in [0.2, 0.25) is 5.02 Å². The van der Waals surface area contributed by atoms with Crippen molar-refractivity contribution in [1.29, 1.82) is 0 Å². The van der Waals surface area contributed by atoms with Crippen molar-refractivity contribution in [3.8, 4) is 6.01 Å². The van der Waals surface area contributed by atoms with E-state index >= 15 is 0 Å². The van der Waals surface area contributed by atoms with Crippen molar-refractivity contribution < 1.29 is 4.74 Å². The second-order valence-electron chi connectivity index (χ2n) is 5.41. The Morgan fingerprint density at radius 3 is 2.50 bits per heavy atom. The van der Waals surface area contributed by atoms with Crippen LogP contribution in [0.1, 0.15) is 12.8 Å². The van der Waals surface area contributed by atoms with Crippen molar-refractivity contribution in [1.82, 2.24) is 14.9 Å². The van der Waals surface area contributed by atoms with Gasteiger partial charge >= 0.3 is 6.01 Å². The zero-order valence-corrected chi connectivity index (χ0v) is 15.0. The average Bonchev–Trinajstić information content (AvgIpc) is 2.63. The van der Waals surface area contributed by atoms with E-state index in [9.17, 15) is 0 Å². The van der Waals surface area contributed by atoms with Gasteiger partial charge in [-0.2, -0.15) is 0 Å². The number of aromatic nitrogens is 2. The maximum Gasteiger partial charge on any atom is 0.316 e. The van der Waals surface area contributed by atoms with Gasteiger partial charge in [-0.05, 0) is 36.6 Å². The highest BCUT2D eigenvalue weighted by atomic mass is 35.5. The van der Waals surface area contributed by atoms with E-state index in [0.29, 0.717) is 6.01 Å². The minimum atomic E-state index is 0.155. The SMILES string of the molecule is CSC(=Nc1ccc(Cl)cc1)N1CCC(Oc2ncccn2)CC1. The van der Waals surface area contributed by atoms with Crippen molar-refractivity contribution in [3.63, 3.8) is 0 Å². The molecule has 0 bridgehead atoms. The summed E-state index contributed by atoms with van der Waals surface area (Å²) in [4.78, 5) is 15.3. The number of benzene rings is 1. The summed E-state index contributed by atoms with van der Waals surface area (Å²) in [5, 5.41) is 1.74. The van der Waals surface area contributed by atoms with Crippen molar-refractivity contribution in [2.45, 2.75) is 18.9 Å². The molecule has 2 heterocycles. The Morgan fingerprint density at radius 1 is 1.21 bits per heavy atom. The number of hydrogen-bond donors (Lipinski definition) is 0. The Kier molecular flexibility index (Phi) is 5.93. The van der Waals surface area contributed by atoms with E-state index in [1.807, 2.05) is 24.3 Å². The molecule has 24 heavy (non-hydrogen) atoms. The van der Waals surface area contributed by atoms with Gasteiger partial charge in [-0.15, -0.1) is 0 Å². The number of aliphatic imine (C=N–C) groups is 1. The van der Waals surface area contributed by atoms with E-state index < -0.39 is 0 Å². The maximum absolute atomic E-state index is 5.93. The number of hydrogen-bond acceptors (Lipinski definition) is 5. The van der Waals surface area contributed by atoms with Gasteiger partial charge in [0.1, 0.15) is 6.10 Å². The molecule has 126 valence electrons.